The van der Waals surface area contributed by atoms with Gasteiger partial charge in [-0.3, -0.25) is 4.79 Å². The molecule has 0 radical (unpaired) electrons. The van der Waals surface area contributed by atoms with Gasteiger partial charge in [0.1, 0.15) is 11.8 Å². The first-order chi connectivity index (χ1) is 15.9. The SMILES string of the molecule is CCCCOC1CCC(C(=O)Oc2ccc(C(=O)Oc3ccc(C#N)c(F)c3F)cc2)CC1. The lowest BCUT2D eigenvalue weighted by atomic mass is 9.87. The van der Waals surface area contributed by atoms with Crippen molar-refractivity contribution in [3.8, 4) is 17.6 Å². The third-order valence-electron chi connectivity index (χ3n) is 5.54. The van der Waals surface area contributed by atoms with E-state index in [0.29, 0.717) is 12.8 Å². The molecule has 2 aromatic carbocycles. The molecule has 2 aromatic rings. The molecule has 0 bridgehead atoms. The maximum atomic E-state index is 13.9. The Kier molecular flexibility index (Phi) is 8.50. The molecule has 174 valence electrons. The highest BCUT2D eigenvalue weighted by molar-refractivity contribution is 5.91. The standard InChI is InChI=1S/C25H25F2NO5/c1-2-3-14-31-19-9-4-16(5-10-19)24(29)32-20-11-6-17(7-12-20)25(30)33-21-13-8-18(15-28)22(26)23(21)27/h6-8,11-13,16,19H,2-5,9-10,14H2,1H3. The maximum Gasteiger partial charge on any atom is 0.343 e. The average Bonchev–Trinajstić information content (AvgIpc) is 2.83. The monoisotopic (exact) mass is 457 g/mol. The van der Waals surface area contributed by atoms with E-state index in [4.69, 9.17) is 19.5 Å². The number of unbranched alkanes of at least 4 members (excludes halogenated alkanes) is 1. The summed E-state index contributed by atoms with van der Waals surface area (Å²) in [7, 11) is 0. The van der Waals surface area contributed by atoms with Crippen molar-refractivity contribution >= 4 is 11.9 Å². The molecule has 0 aliphatic heterocycles. The van der Waals surface area contributed by atoms with Gasteiger partial charge in [-0.1, -0.05) is 13.3 Å². The van der Waals surface area contributed by atoms with E-state index in [9.17, 15) is 18.4 Å². The molecule has 6 nitrogen and oxygen atoms in total. The van der Waals surface area contributed by atoms with Crippen LogP contribution in [-0.4, -0.2) is 24.6 Å². The van der Waals surface area contributed by atoms with Crippen molar-refractivity contribution < 1.29 is 32.6 Å². The molecule has 1 saturated carbocycles. The van der Waals surface area contributed by atoms with Crippen molar-refractivity contribution in [2.24, 2.45) is 5.92 Å². The summed E-state index contributed by atoms with van der Waals surface area (Å²) in [6, 6.07) is 9.13. The van der Waals surface area contributed by atoms with Gasteiger partial charge in [0.2, 0.25) is 5.82 Å². The van der Waals surface area contributed by atoms with E-state index < -0.39 is 28.9 Å². The van der Waals surface area contributed by atoms with Gasteiger partial charge in [0.25, 0.3) is 0 Å². The van der Waals surface area contributed by atoms with Crippen LogP contribution in [0.5, 0.6) is 11.5 Å². The Hall–Kier alpha value is -3.31. The molecule has 8 heteroatoms. The van der Waals surface area contributed by atoms with Crippen LogP contribution in [0, 0.1) is 28.9 Å². The summed E-state index contributed by atoms with van der Waals surface area (Å²) >= 11 is 0. The summed E-state index contributed by atoms with van der Waals surface area (Å²) in [5.41, 5.74) is -0.431. The lowest BCUT2D eigenvalue weighted by molar-refractivity contribution is -0.141. The van der Waals surface area contributed by atoms with Crippen molar-refractivity contribution in [2.75, 3.05) is 6.61 Å². The van der Waals surface area contributed by atoms with Crippen LogP contribution in [0.1, 0.15) is 61.4 Å². The highest BCUT2D eigenvalue weighted by Crippen LogP contribution is 2.28. The lowest BCUT2D eigenvalue weighted by Crippen LogP contribution is -2.29. The summed E-state index contributed by atoms with van der Waals surface area (Å²) in [4.78, 5) is 24.7. The van der Waals surface area contributed by atoms with Crippen LogP contribution in [0.15, 0.2) is 36.4 Å². The molecule has 1 aliphatic carbocycles. The smallest absolute Gasteiger partial charge is 0.343 e. The lowest BCUT2D eigenvalue weighted by Gasteiger charge is -2.27. The summed E-state index contributed by atoms with van der Waals surface area (Å²) in [5.74, 6) is -4.60. The maximum absolute atomic E-state index is 13.9. The fourth-order valence-corrected chi connectivity index (χ4v) is 3.57. The van der Waals surface area contributed by atoms with Gasteiger partial charge in [0.05, 0.1) is 23.1 Å². The molecule has 33 heavy (non-hydrogen) atoms. The molecule has 1 aliphatic rings. The number of carbonyl (C=O) groups excluding carboxylic acids is 2. The molecule has 0 spiro atoms. The van der Waals surface area contributed by atoms with Crippen molar-refractivity contribution in [3.63, 3.8) is 0 Å². The van der Waals surface area contributed by atoms with Crippen LogP contribution in [0.2, 0.25) is 0 Å². The van der Waals surface area contributed by atoms with E-state index in [-0.39, 0.29) is 29.3 Å². The zero-order valence-electron chi connectivity index (χ0n) is 18.3. The number of hydrogen-bond donors (Lipinski definition) is 0. The Morgan fingerprint density at radius 3 is 2.33 bits per heavy atom. The first-order valence-electron chi connectivity index (χ1n) is 11.0. The van der Waals surface area contributed by atoms with Gasteiger partial charge in [0, 0.05) is 6.61 Å². The van der Waals surface area contributed by atoms with E-state index in [1.807, 2.05) is 0 Å². The molecule has 0 aromatic heterocycles. The zero-order chi connectivity index (χ0) is 23.8. The molecular formula is C25H25F2NO5. The number of nitrogens with zero attached hydrogens (tertiary/aromatic N) is 1. The minimum atomic E-state index is -1.42. The highest BCUT2D eigenvalue weighted by atomic mass is 19.2. The normalized spacial score (nSPS) is 17.8. The first-order valence-corrected chi connectivity index (χ1v) is 11.0. The van der Waals surface area contributed by atoms with Crippen LogP contribution in [0.25, 0.3) is 0 Å². The Bertz CT molecular complexity index is 1020. The fourth-order valence-electron chi connectivity index (χ4n) is 3.57. The molecule has 3 rings (SSSR count). The van der Waals surface area contributed by atoms with Crippen LogP contribution >= 0.6 is 0 Å². The van der Waals surface area contributed by atoms with Crippen LogP contribution in [-0.2, 0) is 9.53 Å². The molecule has 1 fully saturated rings. The second kappa shape index (κ2) is 11.5. The predicted octanol–water partition coefficient (Wildman–Crippen LogP) is 5.34. The number of nitriles is 1. The number of hydrogen-bond acceptors (Lipinski definition) is 6. The number of ether oxygens (including phenoxy) is 3. The fraction of sp³-hybridized carbons (Fsp3) is 0.400. The zero-order valence-corrected chi connectivity index (χ0v) is 18.3. The van der Waals surface area contributed by atoms with Crippen LogP contribution < -0.4 is 9.47 Å². The van der Waals surface area contributed by atoms with Gasteiger partial charge in [0.15, 0.2) is 11.6 Å². The highest BCUT2D eigenvalue weighted by Gasteiger charge is 2.28. The van der Waals surface area contributed by atoms with Gasteiger partial charge in [-0.25, -0.2) is 9.18 Å². The van der Waals surface area contributed by atoms with Gasteiger partial charge in [-0.05, 0) is 68.5 Å². The quantitative estimate of drug-likeness (QED) is 0.302. The number of rotatable bonds is 8. The Balaban J connectivity index is 1.52. The van der Waals surface area contributed by atoms with Crippen LogP contribution in [0.4, 0.5) is 8.78 Å². The average molecular weight is 457 g/mol. The molecule has 0 unspecified atom stereocenters. The van der Waals surface area contributed by atoms with Gasteiger partial charge < -0.3 is 14.2 Å². The summed E-state index contributed by atoms with van der Waals surface area (Å²) in [5, 5.41) is 8.71. The number of halogens is 2. The van der Waals surface area contributed by atoms with E-state index in [1.165, 1.54) is 30.3 Å². The molecule has 0 atom stereocenters. The minimum absolute atomic E-state index is 0.0590. The van der Waals surface area contributed by atoms with Gasteiger partial charge in [-0.2, -0.15) is 9.65 Å². The number of benzene rings is 2. The van der Waals surface area contributed by atoms with E-state index in [2.05, 4.69) is 6.92 Å². The molecule has 0 saturated heterocycles. The second-order valence-electron chi connectivity index (χ2n) is 7.88. The third-order valence-corrected chi connectivity index (χ3v) is 5.54. The number of esters is 2. The van der Waals surface area contributed by atoms with E-state index in [0.717, 1.165) is 44.4 Å². The van der Waals surface area contributed by atoms with Gasteiger partial charge in [-0.15, -0.1) is 0 Å². The first kappa shape index (κ1) is 24.3. The van der Waals surface area contributed by atoms with Crippen molar-refractivity contribution in [1.29, 1.82) is 5.26 Å². The van der Waals surface area contributed by atoms with Crippen molar-refractivity contribution in [1.82, 2.24) is 0 Å². The van der Waals surface area contributed by atoms with Crippen molar-refractivity contribution in [3.05, 3.63) is 59.2 Å². The molecular weight excluding hydrogens is 432 g/mol. The van der Waals surface area contributed by atoms with E-state index >= 15 is 0 Å². The predicted molar refractivity (Wildman–Crippen MR) is 115 cm³/mol. The molecule has 0 heterocycles. The van der Waals surface area contributed by atoms with E-state index in [1.54, 1.807) is 0 Å². The summed E-state index contributed by atoms with van der Waals surface area (Å²) < 4.78 is 43.8. The molecule has 0 amide bonds. The minimum Gasteiger partial charge on any atom is -0.426 e. The summed E-state index contributed by atoms with van der Waals surface area (Å²) in [6.07, 6.45) is 5.36. The molecule has 0 N–H and O–H groups in total. The summed E-state index contributed by atoms with van der Waals surface area (Å²) in [6.45, 7) is 2.86. The second-order valence-corrected chi connectivity index (χ2v) is 7.88. The Morgan fingerprint density at radius 1 is 1.00 bits per heavy atom. The van der Waals surface area contributed by atoms with Gasteiger partial charge >= 0.3 is 11.9 Å². The Labute approximate surface area is 191 Å². The largest absolute Gasteiger partial charge is 0.426 e. The van der Waals surface area contributed by atoms with Crippen LogP contribution in [0.3, 0.4) is 0 Å². The third kappa shape index (κ3) is 6.36. The Morgan fingerprint density at radius 2 is 1.70 bits per heavy atom. The topological polar surface area (TPSA) is 85.6 Å². The van der Waals surface area contributed by atoms with Crippen molar-refractivity contribution in [2.45, 2.75) is 51.6 Å². The number of carbonyl (C=O) groups is 2.